The van der Waals surface area contributed by atoms with Crippen molar-refractivity contribution in [3.63, 3.8) is 0 Å². The molecular formula is C17H17ClO2. The molecule has 0 amide bonds. The summed E-state index contributed by atoms with van der Waals surface area (Å²) in [7, 11) is 0. The van der Waals surface area contributed by atoms with Crippen molar-refractivity contribution in [2.75, 3.05) is 6.61 Å². The van der Waals surface area contributed by atoms with Gasteiger partial charge in [0.05, 0.1) is 6.61 Å². The maximum absolute atomic E-state index is 10.8. The van der Waals surface area contributed by atoms with Crippen LogP contribution in [0, 0.1) is 13.8 Å². The lowest BCUT2D eigenvalue weighted by atomic mass is 9.92. The lowest BCUT2D eigenvalue weighted by Gasteiger charge is -2.19. The van der Waals surface area contributed by atoms with Crippen LogP contribution in [0.4, 0.5) is 0 Å². The number of aliphatic hydroxyl groups is 1. The summed E-state index contributed by atoms with van der Waals surface area (Å²) in [4.78, 5) is 0. The van der Waals surface area contributed by atoms with Crippen molar-refractivity contribution >= 4 is 11.6 Å². The Bertz CT molecular complexity index is 644. The highest BCUT2D eigenvalue weighted by atomic mass is 35.5. The molecule has 1 N–H and O–H groups in total. The Balaban J connectivity index is 2.14. The van der Waals surface area contributed by atoms with E-state index in [1.807, 2.05) is 44.2 Å². The van der Waals surface area contributed by atoms with Crippen molar-refractivity contribution in [1.82, 2.24) is 0 Å². The average molecular weight is 289 g/mol. The van der Waals surface area contributed by atoms with Crippen molar-refractivity contribution in [3.8, 4) is 5.75 Å². The summed E-state index contributed by atoms with van der Waals surface area (Å²) >= 11 is 6.17. The molecule has 1 heterocycles. The molecule has 1 atom stereocenters. The van der Waals surface area contributed by atoms with E-state index in [2.05, 4.69) is 0 Å². The van der Waals surface area contributed by atoms with Crippen LogP contribution in [0.15, 0.2) is 30.3 Å². The third kappa shape index (κ3) is 2.19. The minimum atomic E-state index is -0.707. The van der Waals surface area contributed by atoms with Crippen LogP contribution in [0.3, 0.4) is 0 Å². The average Bonchev–Trinajstić information content (AvgIpc) is 2.85. The second-order valence-electron chi connectivity index (χ2n) is 5.29. The SMILES string of the molecule is Cc1cccc(C)c1C(O)c1cc(Cl)cc2c1OCC2. The van der Waals surface area contributed by atoms with Gasteiger partial charge in [0.1, 0.15) is 11.9 Å². The van der Waals surface area contributed by atoms with Gasteiger partial charge >= 0.3 is 0 Å². The van der Waals surface area contributed by atoms with E-state index in [0.717, 1.165) is 40.0 Å². The van der Waals surface area contributed by atoms with Gasteiger partial charge in [0.25, 0.3) is 0 Å². The minimum Gasteiger partial charge on any atom is -0.493 e. The summed E-state index contributed by atoms with van der Waals surface area (Å²) in [6.07, 6.45) is 0.143. The number of fused-ring (bicyclic) bond motifs is 1. The normalized spacial score (nSPS) is 14.8. The molecule has 2 aromatic carbocycles. The lowest BCUT2D eigenvalue weighted by molar-refractivity contribution is 0.212. The number of hydrogen-bond donors (Lipinski definition) is 1. The monoisotopic (exact) mass is 288 g/mol. The van der Waals surface area contributed by atoms with Crippen LogP contribution in [-0.2, 0) is 6.42 Å². The molecule has 0 saturated heterocycles. The zero-order valence-electron chi connectivity index (χ0n) is 11.6. The van der Waals surface area contributed by atoms with Gasteiger partial charge in [0.2, 0.25) is 0 Å². The van der Waals surface area contributed by atoms with E-state index in [4.69, 9.17) is 16.3 Å². The van der Waals surface area contributed by atoms with Crippen LogP contribution in [0.25, 0.3) is 0 Å². The van der Waals surface area contributed by atoms with Gasteiger partial charge in [-0.05, 0) is 48.2 Å². The number of aryl methyl sites for hydroxylation is 2. The molecule has 2 aromatic rings. The highest BCUT2D eigenvalue weighted by molar-refractivity contribution is 6.30. The Hall–Kier alpha value is -1.51. The first-order valence-corrected chi connectivity index (χ1v) is 7.15. The summed E-state index contributed by atoms with van der Waals surface area (Å²) in [6, 6.07) is 9.75. The molecule has 1 unspecified atom stereocenters. The number of aliphatic hydroxyl groups excluding tert-OH is 1. The second kappa shape index (κ2) is 5.12. The summed E-state index contributed by atoms with van der Waals surface area (Å²) in [5.74, 6) is 0.796. The van der Waals surface area contributed by atoms with Gasteiger partial charge in [-0.1, -0.05) is 29.8 Å². The van der Waals surface area contributed by atoms with Gasteiger partial charge in [-0.3, -0.25) is 0 Å². The molecule has 0 aliphatic carbocycles. The molecule has 0 bridgehead atoms. The smallest absolute Gasteiger partial charge is 0.128 e. The Morgan fingerprint density at radius 3 is 2.60 bits per heavy atom. The Kier molecular flexibility index (Phi) is 3.45. The van der Waals surface area contributed by atoms with E-state index < -0.39 is 6.10 Å². The van der Waals surface area contributed by atoms with Crippen LogP contribution in [0.2, 0.25) is 5.02 Å². The highest BCUT2D eigenvalue weighted by Crippen LogP contribution is 2.39. The molecule has 3 heteroatoms. The molecule has 20 heavy (non-hydrogen) atoms. The van der Waals surface area contributed by atoms with Crippen molar-refractivity contribution in [1.29, 1.82) is 0 Å². The van der Waals surface area contributed by atoms with Crippen LogP contribution in [0.1, 0.15) is 33.9 Å². The third-order valence-electron chi connectivity index (χ3n) is 3.89. The Labute approximate surface area is 124 Å². The number of hydrogen-bond acceptors (Lipinski definition) is 2. The van der Waals surface area contributed by atoms with Gasteiger partial charge in [0, 0.05) is 17.0 Å². The third-order valence-corrected chi connectivity index (χ3v) is 4.11. The standard InChI is InChI=1S/C17H17ClO2/c1-10-4-3-5-11(2)15(10)16(19)14-9-13(18)8-12-6-7-20-17(12)14/h3-5,8-9,16,19H,6-7H2,1-2H3. The first-order valence-electron chi connectivity index (χ1n) is 6.77. The minimum absolute atomic E-state index is 0.648. The molecule has 0 radical (unpaired) electrons. The first kappa shape index (κ1) is 13.5. The molecule has 0 aromatic heterocycles. The number of halogens is 1. The van der Waals surface area contributed by atoms with Gasteiger partial charge < -0.3 is 9.84 Å². The molecule has 104 valence electrons. The topological polar surface area (TPSA) is 29.5 Å². The van der Waals surface area contributed by atoms with Gasteiger partial charge in [0.15, 0.2) is 0 Å². The largest absolute Gasteiger partial charge is 0.493 e. The Morgan fingerprint density at radius 1 is 1.20 bits per heavy atom. The molecule has 3 rings (SSSR count). The number of rotatable bonds is 2. The van der Waals surface area contributed by atoms with Crippen LogP contribution < -0.4 is 4.74 Å². The molecular weight excluding hydrogens is 272 g/mol. The fourth-order valence-corrected chi connectivity index (χ4v) is 3.16. The van der Waals surface area contributed by atoms with Crippen molar-refractivity contribution in [2.45, 2.75) is 26.4 Å². The zero-order chi connectivity index (χ0) is 14.3. The predicted octanol–water partition coefficient (Wildman–Crippen LogP) is 3.97. The van der Waals surface area contributed by atoms with Gasteiger partial charge in [-0.2, -0.15) is 0 Å². The van der Waals surface area contributed by atoms with Crippen LogP contribution >= 0.6 is 11.6 Å². The molecule has 2 nitrogen and oxygen atoms in total. The van der Waals surface area contributed by atoms with E-state index in [9.17, 15) is 5.11 Å². The molecule has 0 spiro atoms. The summed E-state index contributed by atoms with van der Waals surface area (Å²) in [5, 5.41) is 11.5. The number of ether oxygens (including phenoxy) is 1. The van der Waals surface area contributed by atoms with Crippen LogP contribution in [-0.4, -0.2) is 11.7 Å². The summed E-state index contributed by atoms with van der Waals surface area (Å²) in [5.41, 5.74) is 4.93. The first-order chi connectivity index (χ1) is 9.58. The van der Waals surface area contributed by atoms with Crippen molar-refractivity contribution < 1.29 is 9.84 Å². The maximum atomic E-state index is 10.8. The summed E-state index contributed by atoms with van der Waals surface area (Å²) < 4.78 is 5.69. The number of benzene rings is 2. The lowest BCUT2D eigenvalue weighted by Crippen LogP contribution is -2.06. The Morgan fingerprint density at radius 2 is 1.90 bits per heavy atom. The van der Waals surface area contributed by atoms with E-state index in [1.54, 1.807) is 0 Å². The van der Waals surface area contributed by atoms with Gasteiger partial charge in [-0.15, -0.1) is 0 Å². The maximum Gasteiger partial charge on any atom is 0.128 e. The molecule has 0 saturated carbocycles. The fourth-order valence-electron chi connectivity index (χ4n) is 2.92. The fraction of sp³-hybridized carbons (Fsp3) is 0.294. The second-order valence-corrected chi connectivity index (χ2v) is 5.73. The predicted molar refractivity (Wildman–Crippen MR) is 80.6 cm³/mol. The van der Waals surface area contributed by atoms with E-state index in [0.29, 0.717) is 11.6 Å². The zero-order valence-corrected chi connectivity index (χ0v) is 12.4. The van der Waals surface area contributed by atoms with E-state index >= 15 is 0 Å². The molecule has 1 aliphatic rings. The van der Waals surface area contributed by atoms with Crippen LogP contribution in [0.5, 0.6) is 5.75 Å². The quantitative estimate of drug-likeness (QED) is 0.906. The molecule has 1 aliphatic heterocycles. The van der Waals surface area contributed by atoms with Crippen molar-refractivity contribution in [2.24, 2.45) is 0 Å². The van der Waals surface area contributed by atoms with Crippen molar-refractivity contribution in [3.05, 3.63) is 63.2 Å². The molecule has 0 fully saturated rings. The summed E-state index contributed by atoms with van der Waals surface area (Å²) in [6.45, 7) is 4.68. The highest BCUT2D eigenvalue weighted by Gasteiger charge is 2.24. The van der Waals surface area contributed by atoms with E-state index in [1.165, 1.54) is 0 Å². The van der Waals surface area contributed by atoms with E-state index in [-0.39, 0.29) is 0 Å². The van der Waals surface area contributed by atoms with Gasteiger partial charge in [-0.25, -0.2) is 0 Å².